The monoisotopic (exact) mass is 260 g/mol. The van der Waals surface area contributed by atoms with Crippen LogP contribution in [-0.2, 0) is 14.3 Å². The van der Waals surface area contributed by atoms with Crippen molar-refractivity contribution in [1.29, 1.82) is 0 Å². The molecule has 0 bridgehead atoms. The van der Waals surface area contributed by atoms with Crippen molar-refractivity contribution in [2.45, 2.75) is 26.8 Å². The Morgan fingerprint density at radius 3 is 2.39 bits per heavy atom. The molecule has 0 aromatic carbocycles. The van der Waals surface area contributed by atoms with Gasteiger partial charge in [0.25, 0.3) is 0 Å². The Morgan fingerprint density at radius 2 is 1.94 bits per heavy atom. The van der Waals surface area contributed by atoms with Crippen LogP contribution < -0.4 is 5.32 Å². The van der Waals surface area contributed by atoms with E-state index in [1.165, 1.54) is 7.11 Å². The standard InChI is InChI=1S/C13H28N2O3/c1-6-14-12(13(16)18-5)10-15(7-8-17-4)9-11(2)3/h11-12,14H,6-10H2,1-5H3. The third-order valence-corrected chi connectivity index (χ3v) is 2.61. The van der Waals surface area contributed by atoms with Crippen LogP contribution >= 0.6 is 0 Å². The van der Waals surface area contributed by atoms with Crippen LogP contribution in [0.1, 0.15) is 20.8 Å². The lowest BCUT2D eigenvalue weighted by Gasteiger charge is -2.27. The first-order valence-electron chi connectivity index (χ1n) is 6.57. The number of hydrogen-bond donors (Lipinski definition) is 1. The van der Waals surface area contributed by atoms with E-state index in [0.717, 1.165) is 19.6 Å². The van der Waals surface area contributed by atoms with Crippen LogP contribution in [0.25, 0.3) is 0 Å². The van der Waals surface area contributed by atoms with E-state index in [0.29, 0.717) is 19.1 Å². The van der Waals surface area contributed by atoms with Crippen LogP contribution in [0.3, 0.4) is 0 Å². The van der Waals surface area contributed by atoms with Gasteiger partial charge in [0.1, 0.15) is 6.04 Å². The molecule has 0 aliphatic carbocycles. The fourth-order valence-electron chi connectivity index (χ4n) is 1.86. The summed E-state index contributed by atoms with van der Waals surface area (Å²) in [5.74, 6) is 0.352. The molecule has 108 valence electrons. The number of carbonyl (C=O) groups is 1. The van der Waals surface area contributed by atoms with Crippen LogP contribution in [0.2, 0.25) is 0 Å². The number of nitrogens with one attached hydrogen (secondary N) is 1. The highest BCUT2D eigenvalue weighted by Crippen LogP contribution is 2.01. The quantitative estimate of drug-likeness (QED) is 0.587. The zero-order valence-corrected chi connectivity index (χ0v) is 12.4. The molecule has 0 aromatic rings. The summed E-state index contributed by atoms with van der Waals surface area (Å²) in [7, 11) is 3.12. The summed E-state index contributed by atoms with van der Waals surface area (Å²) in [5.41, 5.74) is 0. The average molecular weight is 260 g/mol. The van der Waals surface area contributed by atoms with E-state index in [2.05, 4.69) is 24.1 Å². The first kappa shape index (κ1) is 17.4. The zero-order chi connectivity index (χ0) is 14.0. The van der Waals surface area contributed by atoms with E-state index in [-0.39, 0.29) is 12.0 Å². The molecule has 0 aromatic heterocycles. The summed E-state index contributed by atoms with van der Waals surface area (Å²) in [4.78, 5) is 13.9. The Bertz CT molecular complexity index is 222. The van der Waals surface area contributed by atoms with E-state index in [1.54, 1.807) is 7.11 Å². The van der Waals surface area contributed by atoms with Gasteiger partial charge >= 0.3 is 5.97 Å². The summed E-state index contributed by atoms with van der Waals surface area (Å²) >= 11 is 0. The number of nitrogens with zero attached hydrogens (tertiary/aromatic N) is 1. The SMILES string of the molecule is CCNC(CN(CCOC)CC(C)C)C(=O)OC. The molecule has 18 heavy (non-hydrogen) atoms. The molecular weight excluding hydrogens is 232 g/mol. The van der Waals surface area contributed by atoms with E-state index in [4.69, 9.17) is 9.47 Å². The minimum absolute atomic E-state index is 0.206. The normalized spacial score (nSPS) is 13.1. The molecule has 5 heteroatoms. The topological polar surface area (TPSA) is 50.8 Å². The molecule has 1 N–H and O–H groups in total. The molecule has 0 spiro atoms. The second-order valence-corrected chi connectivity index (χ2v) is 4.78. The molecule has 0 aliphatic heterocycles. The number of likely N-dealkylation sites (N-methyl/N-ethyl adjacent to an activating group) is 1. The Labute approximate surface area is 111 Å². The largest absolute Gasteiger partial charge is 0.468 e. The van der Waals surface area contributed by atoms with E-state index < -0.39 is 0 Å². The number of carbonyl (C=O) groups excluding carboxylic acids is 1. The van der Waals surface area contributed by atoms with Gasteiger partial charge in [0.05, 0.1) is 13.7 Å². The van der Waals surface area contributed by atoms with E-state index in [9.17, 15) is 4.79 Å². The third-order valence-electron chi connectivity index (χ3n) is 2.61. The molecule has 0 saturated carbocycles. The van der Waals surface area contributed by atoms with Gasteiger partial charge in [-0.05, 0) is 12.5 Å². The van der Waals surface area contributed by atoms with Gasteiger partial charge in [-0.3, -0.25) is 9.69 Å². The van der Waals surface area contributed by atoms with Crippen molar-refractivity contribution in [3.05, 3.63) is 0 Å². The van der Waals surface area contributed by atoms with Crippen molar-refractivity contribution in [1.82, 2.24) is 10.2 Å². The lowest BCUT2D eigenvalue weighted by molar-refractivity contribution is -0.143. The van der Waals surface area contributed by atoms with Crippen molar-refractivity contribution in [3.8, 4) is 0 Å². The Hall–Kier alpha value is -0.650. The Kier molecular flexibility index (Phi) is 9.92. The molecule has 0 heterocycles. The van der Waals surface area contributed by atoms with Gasteiger partial charge in [-0.15, -0.1) is 0 Å². The van der Waals surface area contributed by atoms with E-state index in [1.807, 2.05) is 6.92 Å². The molecule has 0 fully saturated rings. The lowest BCUT2D eigenvalue weighted by Crippen LogP contribution is -2.48. The van der Waals surface area contributed by atoms with Crippen LogP contribution in [0, 0.1) is 5.92 Å². The molecule has 0 amide bonds. The van der Waals surface area contributed by atoms with Crippen molar-refractivity contribution in [3.63, 3.8) is 0 Å². The summed E-state index contributed by atoms with van der Waals surface area (Å²) in [5, 5.41) is 3.16. The van der Waals surface area contributed by atoms with Crippen molar-refractivity contribution in [2.75, 3.05) is 47.0 Å². The van der Waals surface area contributed by atoms with Gasteiger partial charge in [-0.1, -0.05) is 20.8 Å². The van der Waals surface area contributed by atoms with Crippen molar-refractivity contribution < 1.29 is 14.3 Å². The van der Waals surface area contributed by atoms with E-state index >= 15 is 0 Å². The van der Waals surface area contributed by atoms with Crippen LogP contribution in [-0.4, -0.2) is 63.9 Å². The second-order valence-electron chi connectivity index (χ2n) is 4.78. The molecule has 1 atom stereocenters. The van der Waals surface area contributed by atoms with Crippen LogP contribution in [0.15, 0.2) is 0 Å². The van der Waals surface area contributed by atoms with Gasteiger partial charge in [-0.25, -0.2) is 0 Å². The van der Waals surface area contributed by atoms with Gasteiger partial charge < -0.3 is 14.8 Å². The zero-order valence-electron chi connectivity index (χ0n) is 12.4. The number of esters is 1. The predicted molar refractivity (Wildman–Crippen MR) is 72.6 cm³/mol. The highest BCUT2D eigenvalue weighted by Gasteiger charge is 2.21. The summed E-state index contributed by atoms with van der Waals surface area (Å²) in [6.07, 6.45) is 0. The highest BCUT2D eigenvalue weighted by atomic mass is 16.5. The summed E-state index contributed by atoms with van der Waals surface area (Å²) in [6.45, 7) is 10.2. The molecule has 0 radical (unpaired) electrons. The molecule has 5 nitrogen and oxygen atoms in total. The highest BCUT2D eigenvalue weighted by molar-refractivity contribution is 5.75. The molecule has 1 unspecified atom stereocenters. The summed E-state index contributed by atoms with van der Waals surface area (Å²) < 4.78 is 9.92. The fourth-order valence-corrected chi connectivity index (χ4v) is 1.86. The maximum Gasteiger partial charge on any atom is 0.324 e. The summed E-state index contributed by atoms with van der Waals surface area (Å²) in [6, 6.07) is -0.268. The van der Waals surface area contributed by atoms with Crippen LogP contribution in [0.4, 0.5) is 0 Å². The minimum atomic E-state index is -0.268. The van der Waals surface area contributed by atoms with Crippen molar-refractivity contribution >= 4 is 5.97 Å². The number of ether oxygens (including phenoxy) is 2. The minimum Gasteiger partial charge on any atom is -0.468 e. The molecule has 0 saturated heterocycles. The fraction of sp³-hybridized carbons (Fsp3) is 0.923. The number of hydrogen-bond acceptors (Lipinski definition) is 5. The van der Waals surface area contributed by atoms with Gasteiger partial charge in [0.15, 0.2) is 0 Å². The van der Waals surface area contributed by atoms with Gasteiger partial charge in [0, 0.05) is 26.7 Å². The number of methoxy groups -OCH3 is 2. The molecule has 0 rings (SSSR count). The van der Waals surface area contributed by atoms with Gasteiger partial charge in [0.2, 0.25) is 0 Å². The third kappa shape index (κ3) is 7.63. The van der Waals surface area contributed by atoms with Gasteiger partial charge in [-0.2, -0.15) is 0 Å². The first-order chi connectivity index (χ1) is 8.54. The van der Waals surface area contributed by atoms with Crippen LogP contribution in [0.5, 0.6) is 0 Å². The smallest absolute Gasteiger partial charge is 0.324 e. The lowest BCUT2D eigenvalue weighted by atomic mass is 10.2. The maximum absolute atomic E-state index is 11.7. The predicted octanol–water partition coefficient (Wildman–Crippen LogP) is 0.742. The molecule has 0 aliphatic rings. The first-order valence-corrected chi connectivity index (χ1v) is 6.57. The average Bonchev–Trinajstić information content (AvgIpc) is 2.33. The Balaban J connectivity index is 4.41. The Morgan fingerprint density at radius 1 is 1.28 bits per heavy atom. The maximum atomic E-state index is 11.7. The second kappa shape index (κ2) is 10.3. The molecular formula is C13H28N2O3. The number of rotatable bonds is 10. The van der Waals surface area contributed by atoms with Crippen molar-refractivity contribution in [2.24, 2.45) is 5.92 Å².